The molecule has 3 N–H and O–H groups in total. The van der Waals surface area contributed by atoms with Gasteiger partial charge >= 0.3 is 0 Å². The largest absolute Gasteiger partial charge is 0.372 e. The number of hydrogen-bond acceptors (Lipinski definition) is 2. The molecular formula is C15H23N3. The number of aromatic nitrogens is 1. The number of para-hydroxylation sites is 1. The van der Waals surface area contributed by atoms with Crippen LogP contribution in [-0.4, -0.2) is 25.1 Å². The molecule has 0 unspecified atom stereocenters. The van der Waals surface area contributed by atoms with Crippen LogP contribution in [0.15, 0.2) is 24.3 Å². The molecule has 0 radical (unpaired) electrons. The molecule has 0 fully saturated rings. The molecule has 2 rings (SSSR count). The van der Waals surface area contributed by atoms with Crippen molar-refractivity contribution < 1.29 is 0 Å². The molecule has 0 amide bonds. The summed E-state index contributed by atoms with van der Waals surface area (Å²) in [4.78, 5) is 5.75. The first kappa shape index (κ1) is 13.0. The summed E-state index contributed by atoms with van der Waals surface area (Å²) in [6, 6.07) is 8.43. The van der Waals surface area contributed by atoms with E-state index in [-0.39, 0.29) is 5.41 Å². The fourth-order valence-electron chi connectivity index (χ4n) is 2.54. The summed E-state index contributed by atoms with van der Waals surface area (Å²) in [5.41, 5.74) is 9.64. The lowest BCUT2D eigenvalue weighted by Crippen LogP contribution is -2.36. The number of aryl methyl sites for hydroxylation is 1. The Kier molecular flexibility index (Phi) is 3.35. The normalized spacial score (nSPS) is 12.1. The number of fused-ring (bicyclic) bond motifs is 1. The minimum absolute atomic E-state index is 0.125. The van der Waals surface area contributed by atoms with Gasteiger partial charge in [0.1, 0.15) is 0 Å². The predicted molar refractivity (Wildman–Crippen MR) is 79.1 cm³/mol. The van der Waals surface area contributed by atoms with Crippen molar-refractivity contribution in [2.45, 2.75) is 20.8 Å². The lowest BCUT2D eigenvalue weighted by molar-refractivity contribution is 0.385. The first-order valence-corrected chi connectivity index (χ1v) is 6.43. The third kappa shape index (κ3) is 2.36. The van der Waals surface area contributed by atoms with E-state index in [0.717, 1.165) is 6.54 Å². The van der Waals surface area contributed by atoms with Crippen LogP contribution in [0.25, 0.3) is 10.9 Å². The van der Waals surface area contributed by atoms with Gasteiger partial charge in [-0.25, -0.2) is 0 Å². The molecule has 1 heterocycles. The minimum Gasteiger partial charge on any atom is -0.372 e. The van der Waals surface area contributed by atoms with E-state index in [2.05, 4.69) is 62.0 Å². The van der Waals surface area contributed by atoms with Crippen molar-refractivity contribution in [3.8, 4) is 0 Å². The number of benzene rings is 1. The zero-order valence-corrected chi connectivity index (χ0v) is 11.7. The molecule has 98 valence electrons. The molecule has 1 aromatic heterocycles. The molecule has 0 saturated heterocycles. The molecule has 3 heteroatoms. The van der Waals surface area contributed by atoms with Crippen LogP contribution < -0.4 is 10.6 Å². The van der Waals surface area contributed by atoms with Crippen LogP contribution in [-0.2, 0) is 0 Å². The van der Waals surface area contributed by atoms with Gasteiger partial charge in [0.2, 0.25) is 0 Å². The van der Waals surface area contributed by atoms with Gasteiger partial charge in [-0.15, -0.1) is 0 Å². The molecule has 0 aliphatic heterocycles. The SMILES string of the molecule is Cc1[nH]c2ccccc2c1N(C)CC(C)(C)CN. The summed E-state index contributed by atoms with van der Waals surface area (Å²) in [6.45, 7) is 8.17. The van der Waals surface area contributed by atoms with Gasteiger partial charge in [-0.3, -0.25) is 0 Å². The highest BCUT2D eigenvalue weighted by molar-refractivity contribution is 5.94. The molecule has 0 bridgehead atoms. The lowest BCUT2D eigenvalue weighted by atomic mass is 9.93. The van der Waals surface area contributed by atoms with E-state index >= 15 is 0 Å². The van der Waals surface area contributed by atoms with Gasteiger partial charge in [-0.2, -0.15) is 0 Å². The Hall–Kier alpha value is -1.48. The second kappa shape index (κ2) is 4.65. The van der Waals surface area contributed by atoms with Gasteiger partial charge in [-0.1, -0.05) is 32.0 Å². The van der Waals surface area contributed by atoms with E-state index in [1.54, 1.807) is 0 Å². The summed E-state index contributed by atoms with van der Waals surface area (Å²) < 4.78 is 0. The van der Waals surface area contributed by atoms with Gasteiger partial charge in [-0.05, 0) is 24.9 Å². The number of H-pyrrole nitrogens is 1. The topological polar surface area (TPSA) is 45.0 Å². The molecular weight excluding hydrogens is 222 g/mol. The number of nitrogens with zero attached hydrogens (tertiary/aromatic N) is 1. The van der Waals surface area contributed by atoms with Gasteiger partial charge in [0.15, 0.2) is 0 Å². The van der Waals surface area contributed by atoms with E-state index < -0.39 is 0 Å². The van der Waals surface area contributed by atoms with E-state index in [9.17, 15) is 0 Å². The van der Waals surface area contributed by atoms with E-state index in [1.807, 2.05) is 0 Å². The number of rotatable bonds is 4. The maximum Gasteiger partial charge on any atom is 0.0651 e. The van der Waals surface area contributed by atoms with Crippen LogP contribution in [0.4, 0.5) is 5.69 Å². The first-order chi connectivity index (χ1) is 8.44. The van der Waals surface area contributed by atoms with Crippen molar-refractivity contribution in [3.05, 3.63) is 30.0 Å². The Balaban J connectivity index is 2.38. The molecule has 0 aliphatic carbocycles. The fraction of sp³-hybridized carbons (Fsp3) is 0.467. The average molecular weight is 245 g/mol. The average Bonchev–Trinajstić information content (AvgIpc) is 2.64. The van der Waals surface area contributed by atoms with Crippen molar-refractivity contribution in [2.75, 3.05) is 25.0 Å². The fourth-order valence-corrected chi connectivity index (χ4v) is 2.54. The number of nitrogens with two attached hydrogens (primary N) is 1. The van der Waals surface area contributed by atoms with Crippen molar-refractivity contribution in [1.29, 1.82) is 0 Å². The molecule has 0 saturated carbocycles. The van der Waals surface area contributed by atoms with Crippen LogP contribution >= 0.6 is 0 Å². The number of nitrogens with one attached hydrogen (secondary N) is 1. The summed E-state index contributed by atoms with van der Waals surface area (Å²) >= 11 is 0. The lowest BCUT2D eigenvalue weighted by Gasteiger charge is -2.30. The monoisotopic (exact) mass is 245 g/mol. The molecule has 1 aromatic carbocycles. The first-order valence-electron chi connectivity index (χ1n) is 6.43. The quantitative estimate of drug-likeness (QED) is 0.870. The molecule has 0 spiro atoms. The van der Waals surface area contributed by atoms with Crippen LogP contribution in [0.2, 0.25) is 0 Å². The Morgan fingerprint density at radius 3 is 2.61 bits per heavy atom. The summed E-state index contributed by atoms with van der Waals surface area (Å²) in [5.74, 6) is 0. The van der Waals surface area contributed by atoms with Gasteiger partial charge in [0.05, 0.1) is 5.69 Å². The smallest absolute Gasteiger partial charge is 0.0651 e. The third-order valence-corrected chi connectivity index (χ3v) is 3.46. The second-order valence-electron chi connectivity index (χ2n) is 5.87. The van der Waals surface area contributed by atoms with Gasteiger partial charge < -0.3 is 15.6 Å². The number of hydrogen-bond donors (Lipinski definition) is 2. The molecule has 18 heavy (non-hydrogen) atoms. The maximum absolute atomic E-state index is 5.82. The highest BCUT2D eigenvalue weighted by atomic mass is 15.1. The van der Waals surface area contributed by atoms with E-state index in [1.165, 1.54) is 22.3 Å². The summed E-state index contributed by atoms with van der Waals surface area (Å²) in [6.07, 6.45) is 0. The second-order valence-corrected chi connectivity index (χ2v) is 5.87. The number of anilines is 1. The van der Waals surface area contributed by atoms with Crippen molar-refractivity contribution >= 4 is 16.6 Å². The van der Waals surface area contributed by atoms with Crippen LogP contribution in [0.1, 0.15) is 19.5 Å². The van der Waals surface area contributed by atoms with Crippen molar-refractivity contribution in [3.63, 3.8) is 0 Å². The summed E-state index contributed by atoms with van der Waals surface area (Å²) in [7, 11) is 2.14. The van der Waals surface area contributed by atoms with Crippen molar-refractivity contribution in [2.24, 2.45) is 11.1 Å². The predicted octanol–water partition coefficient (Wildman–Crippen LogP) is 2.90. The summed E-state index contributed by atoms with van der Waals surface area (Å²) in [5, 5.41) is 1.28. The maximum atomic E-state index is 5.82. The highest BCUT2D eigenvalue weighted by Gasteiger charge is 2.21. The molecule has 0 aliphatic rings. The zero-order chi connectivity index (χ0) is 13.3. The highest BCUT2D eigenvalue weighted by Crippen LogP contribution is 2.31. The molecule has 2 aromatic rings. The van der Waals surface area contributed by atoms with E-state index in [0.29, 0.717) is 6.54 Å². The van der Waals surface area contributed by atoms with Crippen LogP contribution in [0.5, 0.6) is 0 Å². The van der Waals surface area contributed by atoms with Crippen LogP contribution in [0, 0.1) is 12.3 Å². The Morgan fingerprint density at radius 2 is 1.94 bits per heavy atom. The van der Waals surface area contributed by atoms with Crippen LogP contribution in [0.3, 0.4) is 0 Å². The third-order valence-electron chi connectivity index (χ3n) is 3.46. The molecule has 3 nitrogen and oxygen atoms in total. The Labute approximate surface area is 109 Å². The Bertz CT molecular complexity index is 540. The minimum atomic E-state index is 0.125. The van der Waals surface area contributed by atoms with E-state index in [4.69, 9.17) is 5.73 Å². The van der Waals surface area contributed by atoms with Gasteiger partial charge in [0.25, 0.3) is 0 Å². The standard InChI is InChI=1S/C15H23N3/c1-11-14(18(4)10-15(2,3)9-16)12-7-5-6-8-13(12)17-11/h5-8,17H,9-10,16H2,1-4H3. The molecule has 0 atom stereocenters. The zero-order valence-electron chi connectivity index (χ0n) is 11.7. The number of aromatic amines is 1. The Morgan fingerprint density at radius 1 is 1.28 bits per heavy atom. The van der Waals surface area contributed by atoms with Gasteiger partial charge in [0, 0.05) is 30.2 Å². The van der Waals surface area contributed by atoms with Crippen molar-refractivity contribution in [1.82, 2.24) is 4.98 Å².